The first-order valence-electron chi connectivity index (χ1n) is 7.11. The fourth-order valence-electron chi connectivity index (χ4n) is 3.27. The zero-order valence-corrected chi connectivity index (χ0v) is 12.8. The molecular formula is C13H22ClNO3S. The van der Waals surface area contributed by atoms with Gasteiger partial charge in [-0.2, -0.15) is 0 Å². The first-order chi connectivity index (χ1) is 9.03. The standard InChI is InChI=1S/C13H22ClNO3S/c14-8-6-13(16)15(11-4-2-1-3-5-11)12-7-9-19(17,18)10-12/h11-12H,1-10H2. The minimum atomic E-state index is -2.95. The van der Waals surface area contributed by atoms with Crippen molar-refractivity contribution < 1.29 is 13.2 Å². The van der Waals surface area contributed by atoms with E-state index in [4.69, 9.17) is 11.6 Å². The highest BCUT2D eigenvalue weighted by Gasteiger charge is 2.38. The maximum Gasteiger partial charge on any atom is 0.224 e. The highest BCUT2D eigenvalue weighted by atomic mass is 35.5. The molecule has 2 fully saturated rings. The van der Waals surface area contributed by atoms with Gasteiger partial charge in [-0.1, -0.05) is 19.3 Å². The average molecular weight is 308 g/mol. The first kappa shape index (κ1) is 15.1. The fraction of sp³-hybridized carbons (Fsp3) is 0.923. The Kier molecular flexibility index (Phi) is 5.12. The molecule has 0 radical (unpaired) electrons. The molecule has 1 aliphatic carbocycles. The van der Waals surface area contributed by atoms with E-state index in [0.29, 0.717) is 18.7 Å². The monoisotopic (exact) mass is 307 g/mol. The molecule has 1 unspecified atom stereocenters. The molecule has 0 bridgehead atoms. The van der Waals surface area contributed by atoms with Crippen LogP contribution in [-0.2, 0) is 14.6 Å². The van der Waals surface area contributed by atoms with E-state index in [1.54, 1.807) is 0 Å². The quantitative estimate of drug-likeness (QED) is 0.746. The minimum Gasteiger partial charge on any atom is -0.336 e. The summed E-state index contributed by atoms with van der Waals surface area (Å²) in [6, 6.07) is 0.103. The Morgan fingerprint density at radius 1 is 1.11 bits per heavy atom. The van der Waals surface area contributed by atoms with Gasteiger partial charge >= 0.3 is 0 Å². The largest absolute Gasteiger partial charge is 0.336 e. The van der Waals surface area contributed by atoms with Crippen LogP contribution in [0.5, 0.6) is 0 Å². The number of carbonyl (C=O) groups is 1. The van der Waals surface area contributed by atoms with Crippen LogP contribution in [0.15, 0.2) is 0 Å². The van der Waals surface area contributed by atoms with Gasteiger partial charge in [-0.15, -0.1) is 11.6 Å². The van der Waals surface area contributed by atoms with Crippen molar-refractivity contribution in [2.24, 2.45) is 0 Å². The van der Waals surface area contributed by atoms with Crippen molar-refractivity contribution in [3.8, 4) is 0 Å². The number of rotatable bonds is 4. The summed E-state index contributed by atoms with van der Waals surface area (Å²) in [6.07, 6.45) is 6.40. The van der Waals surface area contributed by atoms with Gasteiger partial charge < -0.3 is 4.90 Å². The van der Waals surface area contributed by atoms with Crippen molar-refractivity contribution in [1.29, 1.82) is 0 Å². The maximum atomic E-state index is 12.3. The Balaban J connectivity index is 2.11. The molecule has 0 aromatic rings. The molecule has 110 valence electrons. The number of nitrogens with zero attached hydrogens (tertiary/aromatic N) is 1. The van der Waals surface area contributed by atoms with Crippen LogP contribution < -0.4 is 0 Å². The van der Waals surface area contributed by atoms with E-state index in [9.17, 15) is 13.2 Å². The Hall–Kier alpha value is -0.290. The Labute approximate surface area is 120 Å². The van der Waals surface area contributed by atoms with E-state index in [-0.39, 0.29) is 29.5 Å². The molecular weight excluding hydrogens is 286 g/mol. The van der Waals surface area contributed by atoms with Gasteiger partial charge in [-0.3, -0.25) is 4.79 Å². The van der Waals surface area contributed by atoms with Crippen LogP contribution in [0.4, 0.5) is 0 Å². The van der Waals surface area contributed by atoms with Gasteiger partial charge in [0.25, 0.3) is 0 Å². The summed E-state index contributed by atoms with van der Waals surface area (Å²) >= 11 is 5.68. The molecule has 1 heterocycles. The normalized spacial score (nSPS) is 27.3. The second kappa shape index (κ2) is 6.44. The van der Waals surface area contributed by atoms with Crippen molar-refractivity contribution in [1.82, 2.24) is 4.90 Å². The molecule has 1 atom stereocenters. The summed E-state index contributed by atoms with van der Waals surface area (Å²) in [5.41, 5.74) is 0. The lowest BCUT2D eigenvalue weighted by Gasteiger charge is -2.38. The molecule has 2 aliphatic rings. The van der Waals surface area contributed by atoms with E-state index in [1.807, 2.05) is 4.90 Å². The minimum absolute atomic E-state index is 0.0315. The van der Waals surface area contributed by atoms with Gasteiger partial charge in [0.15, 0.2) is 9.84 Å². The van der Waals surface area contributed by atoms with Crippen molar-refractivity contribution in [3.05, 3.63) is 0 Å². The predicted octanol–water partition coefficient (Wildman–Crippen LogP) is 1.96. The first-order valence-corrected chi connectivity index (χ1v) is 9.46. The lowest BCUT2D eigenvalue weighted by Crippen LogP contribution is -2.48. The summed E-state index contributed by atoms with van der Waals surface area (Å²) in [4.78, 5) is 14.2. The smallest absolute Gasteiger partial charge is 0.224 e. The lowest BCUT2D eigenvalue weighted by atomic mass is 9.92. The Morgan fingerprint density at radius 2 is 1.79 bits per heavy atom. The SMILES string of the molecule is O=C(CCCl)N(C1CCCCC1)C1CCS(=O)(=O)C1. The van der Waals surface area contributed by atoms with Crippen LogP contribution in [0.25, 0.3) is 0 Å². The van der Waals surface area contributed by atoms with Gasteiger partial charge in [0, 0.05) is 24.4 Å². The number of hydrogen-bond acceptors (Lipinski definition) is 3. The zero-order valence-electron chi connectivity index (χ0n) is 11.2. The topological polar surface area (TPSA) is 54.5 Å². The van der Waals surface area contributed by atoms with Crippen LogP contribution in [0, 0.1) is 0 Å². The highest BCUT2D eigenvalue weighted by molar-refractivity contribution is 7.91. The number of alkyl halides is 1. The molecule has 2 rings (SSSR count). The molecule has 1 saturated heterocycles. The molecule has 4 nitrogen and oxygen atoms in total. The molecule has 19 heavy (non-hydrogen) atoms. The van der Waals surface area contributed by atoms with Crippen LogP contribution >= 0.6 is 11.6 Å². The van der Waals surface area contributed by atoms with Gasteiger partial charge in [0.2, 0.25) is 5.91 Å². The Bertz CT molecular complexity index is 418. The van der Waals surface area contributed by atoms with E-state index in [1.165, 1.54) is 6.42 Å². The van der Waals surface area contributed by atoms with E-state index < -0.39 is 9.84 Å². The van der Waals surface area contributed by atoms with Crippen molar-refractivity contribution in [2.75, 3.05) is 17.4 Å². The Morgan fingerprint density at radius 3 is 2.32 bits per heavy atom. The summed E-state index contributed by atoms with van der Waals surface area (Å²) in [5, 5.41) is 0. The summed E-state index contributed by atoms with van der Waals surface area (Å²) in [6.45, 7) is 0. The van der Waals surface area contributed by atoms with E-state index in [0.717, 1.165) is 25.7 Å². The van der Waals surface area contributed by atoms with E-state index >= 15 is 0 Å². The number of hydrogen-bond donors (Lipinski definition) is 0. The van der Waals surface area contributed by atoms with Crippen LogP contribution in [0.3, 0.4) is 0 Å². The number of halogens is 1. The van der Waals surface area contributed by atoms with Crippen LogP contribution in [-0.4, -0.2) is 48.7 Å². The molecule has 0 spiro atoms. The van der Waals surface area contributed by atoms with Crippen molar-refractivity contribution in [2.45, 2.75) is 57.0 Å². The zero-order chi connectivity index (χ0) is 13.9. The molecule has 0 N–H and O–H groups in total. The third-order valence-electron chi connectivity index (χ3n) is 4.17. The number of sulfone groups is 1. The molecule has 1 saturated carbocycles. The third kappa shape index (κ3) is 3.85. The van der Waals surface area contributed by atoms with Gasteiger partial charge in [-0.25, -0.2) is 8.42 Å². The van der Waals surface area contributed by atoms with Crippen LogP contribution in [0.2, 0.25) is 0 Å². The summed E-state index contributed by atoms with van der Waals surface area (Å²) in [7, 11) is -2.95. The van der Waals surface area contributed by atoms with Crippen molar-refractivity contribution >= 4 is 27.3 Å². The summed E-state index contributed by atoms with van der Waals surface area (Å²) in [5.74, 6) is 0.692. The molecule has 1 amide bonds. The number of amides is 1. The second-order valence-corrected chi connectivity index (χ2v) is 8.20. The predicted molar refractivity (Wildman–Crippen MR) is 76.1 cm³/mol. The number of carbonyl (C=O) groups excluding carboxylic acids is 1. The molecule has 1 aliphatic heterocycles. The van der Waals surface area contributed by atoms with Gasteiger partial charge in [0.05, 0.1) is 11.5 Å². The van der Waals surface area contributed by atoms with Crippen molar-refractivity contribution in [3.63, 3.8) is 0 Å². The maximum absolute atomic E-state index is 12.3. The highest BCUT2D eigenvalue weighted by Crippen LogP contribution is 2.28. The van der Waals surface area contributed by atoms with Crippen LogP contribution in [0.1, 0.15) is 44.9 Å². The lowest BCUT2D eigenvalue weighted by molar-refractivity contribution is -0.136. The molecule has 6 heteroatoms. The molecule has 0 aromatic carbocycles. The van der Waals surface area contributed by atoms with Gasteiger partial charge in [-0.05, 0) is 19.3 Å². The second-order valence-electron chi connectivity index (χ2n) is 5.59. The molecule has 0 aromatic heterocycles. The average Bonchev–Trinajstić information content (AvgIpc) is 2.71. The third-order valence-corrected chi connectivity index (χ3v) is 6.11. The van der Waals surface area contributed by atoms with Gasteiger partial charge in [0.1, 0.15) is 0 Å². The van der Waals surface area contributed by atoms with E-state index in [2.05, 4.69) is 0 Å². The summed E-state index contributed by atoms with van der Waals surface area (Å²) < 4.78 is 23.3. The fourth-order valence-corrected chi connectivity index (χ4v) is 5.14.